The topological polar surface area (TPSA) is 9.86 Å². The van der Waals surface area contributed by atoms with Gasteiger partial charge in [-0.05, 0) is 76.5 Å². The summed E-state index contributed by atoms with van der Waals surface area (Å²) in [7, 11) is 0. The van der Waals surface area contributed by atoms with Crippen LogP contribution in [0.3, 0.4) is 0 Å². The number of aromatic nitrogens is 2. The van der Waals surface area contributed by atoms with Gasteiger partial charge in [-0.3, -0.25) is 0 Å². The van der Waals surface area contributed by atoms with E-state index in [1.165, 1.54) is 66.0 Å². The largest absolute Gasteiger partial charge is 0.317 e. The lowest BCUT2D eigenvalue weighted by molar-refractivity contribution is 1.13. The fraction of sp³-hybridized carbons (Fsp3) is 0. The van der Waals surface area contributed by atoms with Gasteiger partial charge in [0.1, 0.15) is 0 Å². The van der Waals surface area contributed by atoms with Crippen LogP contribution in [0.25, 0.3) is 66.0 Å². The van der Waals surface area contributed by atoms with E-state index in [1.54, 1.807) is 0 Å². The van der Waals surface area contributed by atoms with E-state index in [0.717, 1.165) is 0 Å². The van der Waals surface area contributed by atoms with Crippen LogP contribution in [0.1, 0.15) is 0 Å². The van der Waals surface area contributed by atoms with Crippen LogP contribution in [0.2, 0.25) is 0 Å². The molecule has 0 aliphatic heterocycles. The monoisotopic (exact) mass is 484 g/mol. The predicted octanol–water partition coefficient (Wildman–Crippen LogP) is 9.55. The fourth-order valence-corrected chi connectivity index (χ4v) is 5.96. The Labute approximate surface area is 220 Å². The summed E-state index contributed by atoms with van der Waals surface area (Å²) in [6.07, 6.45) is 2.20. The van der Waals surface area contributed by atoms with Crippen LogP contribution in [0.5, 0.6) is 0 Å². The van der Waals surface area contributed by atoms with Gasteiger partial charge in [0.15, 0.2) is 0 Å². The molecule has 0 spiro atoms. The Morgan fingerprint density at radius 2 is 1.08 bits per heavy atom. The van der Waals surface area contributed by atoms with Crippen molar-refractivity contribution in [2.45, 2.75) is 0 Å². The zero-order chi connectivity index (χ0) is 25.1. The molecule has 0 N–H and O–H groups in total. The molecule has 8 aromatic rings. The van der Waals surface area contributed by atoms with Crippen molar-refractivity contribution in [1.29, 1.82) is 0 Å². The SMILES string of the molecule is c1ccc(-c2cccc(-n3ccc4c5cc6c7ccccc7n(-c7ccccc7)c6cc5ccc43)c2)cc1. The molecule has 0 atom stereocenters. The molecule has 38 heavy (non-hydrogen) atoms. The van der Waals surface area contributed by atoms with Gasteiger partial charge in [-0.2, -0.15) is 0 Å². The second-order valence-corrected chi connectivity index (χ2v) is 9.88. The Morgan fingerprint density at radius 1 is 0.368 bits per heavy atom. The highest BCUT2D eigenvalue weighted by molar-refractivity contribution is 6.18. The minimum Gasteiger partial charge on any atom is -0.317 e. The van der Waals surface area contributed by atoms with Crippen molar-refractivity contribution in [3.8, 4) is 22.5 Å². The normalized spacial score (nSPS) is 11.7. The summed E-state index contributed by atoms with van der Waals surface area (Å²) in [5, 5.41) is 6.36. The molecule has 0 saturated carbocycles. The molecule has 2 heteroatoms. The minimum absolute atomic E-state index is 1.17. The third-order valence-corrected chi connectivity index (χ3v) is 7.73. The summed E-state index contributed by atoms with van der Waals surface area (Å²) >= 11 is 0. The van der Waals surface area contributed by atoms with Crippen molar-refractivity contribution in [1.82, 2.24) is 9.13 Å². The number of fused-ring (bicyclic) bond motifs is 6. The second kappa shape index (κ2) is 8.22. The standard InChI is InChI=1S/C36H24N2/c1-3-10-25(11-4-1)26-12-9-15-29(22-26)37-21-20-31-32-24-33-30-16-7-8-17-35(30)38(28-13-5-2-6-14-28)36(33)23-27(32)18-19-34(31)37/h1-24H. The molecule has 0 radical (unpaired) electrons. The number of hydrogen-bond donors (Lipinski definition) is 0. The second-order valence-electron chi connectivity index (χ2n) is 9.88. The maximum Gasteiger partial charge on any atom is 0.0547 e. The van der Waals surface area contributed by atoms with E-state index in [1.807, 2.05) is 0 Å². The number of nitrogens with zero attached hydrogens (tertiary/aromatic N) is 2. The molecule has 0 amide bonds. The molecule has 0 aliphatic rings. The minimum atomic E-state index is 1.17. The van der Waals surface area contributed by atoms with Crippen LogP contribution in [0.15, 0.2) is 146 Å². The Morgan fingerprint density at radius 3 is 1.95 bits per heavy atom. The van der Waals surface area contributed by atoms with Crippen molar-refractivity contribution in [2.75, 3.05) is 0 Å². The average Bonchev–Trinajstić information content (AvgIpc) is 3.56. The van der Waals surface area contributed by atoms with E-state index in [2.05, 4.69) is 155 Å². The lowest BCUT2D eigenvalue weighted by Gasteiger charge is -2.10. The van der Waals surface area contributed by atoms with Crippen molar-refractivity contribution >= 4 is 43.5 Å². The van der Waals surface area contributed by atoms with Gasteiger partial charge < -0.3 is 9.13 Å². The maximum absolute atomic E-state index is 2.39. The Kier molecular flexibility index (Phi) is 4.55. The molecule has 2 aromatic heterocycles. The van der Waals surface area contributed by atoms with Crippen molar-refractivity contribution in [3.05, 3.63) is 146 Å². The summed E-state index contributed by atoms with van der Waals surface area (Å²) < 4.78 is 4.69. The van der Waals surface area contributed by atoms with E-state index >= 15 is 0 Å². The molecule has 2 heterocycles. The molecule has 2 nitrogen and oxygen atoms in total. The third kappa shape index (κ3) is 3.14. The zero-order valence-corrected chi connectivity index (χ0v) is 20.8. The maximum atomic E-state index is 2.39. The molecule has 0 unspecified atom stereocenters. The average molecular weight is 485 g/mol. The van der Waals surface area contributed by atoms with Crippen LogP contribution in [0.4, 0.5) is 0 Å². The molecular weight excluding hydrogens is 460 g/mol. The summed E-state index contributed by atoms with van der Waals surface area (Å²) in [6.45, 7) is 0. The van der Waals surface area contributed by atoms with Crippen LogP contribution >= 0.6 is 0 Å². The highest BCUT2D eigenvalue weighted by atomic mass is 15.0. The summed E-state index contributed by atoms with van der Waals surface area (Å²) in [6, 6.07) is 50.3. The van der Waals surface area contributed by atoms with Gasteiger partial charge in [-0.1, -0.05) is 84.9 Å². The Bertz CT molecular complexity index is 2110. The summed E-state index contributed by atoms with van der Waals surface area (Å²) in [4.78, 5) is 0. The fourth-order valence-electron chi connectivity index (χ4n) is 5.96. The van der Waals surface area contributed by atoms with Gasteiger partial charge in [0.2, 0.25) is 0 Å². The zero-order valence-electron chi connectivity index (χ0n) is 20.8. The smallest absolute Gasteiger partial charge is 0.0547 e. The molecule has 0 bridgehead atoms. The summed E-state index contributed by atoms with van der Waals surface area (Å²) in [5.74, 6) is 0. The van der Waals surface area contributed by atoms with E-state index in [0.29, 0.717) is 0 Å². The van der Waals surface area contributed by atoms with Gasteiger partial charge >= 0.3 is 0 Å². The molecule has 6 aromatic carbocycles. The van der Waals surface area contributed by atoms with Crippen LogP contribution in [-0.2, 0) is 0 Å². The first kappa shape index (κ1) is 21.0. The van der Waals surface area contributed by atoms with E-state index in [4.69, 9.17) is 0 Å². The van der Waals surface area contributed by atoms with Crippen molar-refractivity contribution < 1.29 is 0 Å². The van der Waals surface area contributed by atoms with Gasteiger partial charge in [-0.25, -0.2) is 0 Å². The Hall–Kier alpha value is -5.08. The van der Waals surface area contributed by atoms with Crippen molar-refractivity contribution in [2.24, 2.45) is 0 Å². The first-order chi connectivity index (χ1) is 18.8. The number of benzene rings is 6. The highest BCUT2D eigenvalue weighted by Gasteiger charge is 2.15. The van der Waals surface area contributed by atoms with E-state index in [-0.39, 0.29) is 0 Å². The first-order valence-corrected chi connectivity index (χ1v) is 13.0. The van der Waals surface area contributed by atoms with Crippen LogP contribution < -0.4 is 0 Å². The number of para-hydroxylation sites is 2. The van der Waals surface area contributed by atoms with Crippen molar-refractivity contribution in [3.63, 3.8) is 0 Å². The molecule has 8 rings (SSSR count). The van der Waals surface area contributed by atoms with Crippen LogP contribution in [-0.4, -0.2) is 9.13 Å². The Balaban J connectivity index is 1.36. The molecule has 0 saturated heterocycles. The first-order valence-electron chi connectivity index (χ1n) is 13.0. The van der Waals surface area contributed by atoms with Gasteiger partial charge in [0, 0.05) is 33.7 Å². The van der Waals surface area contributed by atoms with E-state index < -0.39 is 0 Å². The van der Waals surface area contributed by atoms with Gasteiger partial charge in [0.05, 0.1) is 16.6 Å². The molecular formula is C36H24N2. The van der Waals surface area contributed by atoms with Gasteiger partial charge in [-0.15, -0.1) is 0 Å². The highest BCUT2D eigenvalue weighted by Crippen LogP contribution is 2.37. The lowest BCUT2D eigenvalue weighted by atomic mass is 10.0. The molecule has 0 fully saturated rings. The third-order valence-electron chi connectivity index (χ3n) is 7.73. The summed E-state index contributed by atoms with van der Waals surface area (Å²) in [5.41, 5.74) is 8.49. The van der Waals surface area contributed by atoms with E-state index in [9.17, 15) is 0 Å². The van der Waals surface area contributed by atoms with Crippen LogP contribution in [0, 0.1) is 0 Å². The predicted molar refractivity (Wildman–Crippen MR) is 161 cm³/mol. The quantitative estimate of drug-likeness (QED) is 0.236. The molecule has 178 valence electrons. The molecule has 0 aliphatic carbocycles. The van der Waals surface area contributed by atoms with Gasteiger partial charge in [0.25, 0.3) is 0 Å². The number of hydrogen-bond acceptors (Lipinski definition) is 0. The lowest BCUT2D eigenvalue weighted by Crippen LogP contribution is -1.93. The number of rotatable bonds is 3.